The summed E-state index contributed by atoms with van der Waals surface area (Å²) in [7, 11) is -0.817. The zero-order valence-corrected chi connectivity index (χ0v) is 13.3. The number of thiophene rings is 1. The molecule has 0 bridgehead atoms. The summed E-state index contributed by atoms with van der Waals surface area (Å²) < 4.78 is 10.9. The van der Waals surface area contributed by atoms with E-state index < -0.39 is 10.8 Å². The molecule has 0 radical (unpaired) electrons. The van der Waals surface area contributed by atoms with E-state index in [0.29, 0.717) is 30.0 Å². The number of aryl methyl sites for hydroxylation is 1. The lowest BCUT2D eigenvalue weighted by molar-refractivity contribution is 0.0957. The van der Waals surface area contributed by atoms with Crippen LogP contribution in [0.25, 0.3) is 0 Å². The van der Waals surface area contributed by atoms with E-state index in [1.165, 1.54) is 11.3 Å². The third-order valence-corrected chi connectivity index (χ3v) is 4.49. The molecule has 1 aromatic heterocycles. The van der Waals surface area contributed by atoms with Crippen molar-refractivity contribution < 1.29 is 14.1 Å². The topological polar surface area (TPSA) is 66.4 Å². The molecule has 2 N–H and O–H groups in total. The monoisotopic (exact) mass is 313 g/mol. The summed E-state index contributed by atoms with van der Waals surface area (Å²) in [5.74, 6) is 6.30. The summed E-state index contributed by atoms with van der Waals surface area (Å²) >= 11 is 1.36. The van der Waals surface area contributed by atoms with Crippen molar-refractivity contribution >= 4 is 28.0 Å². The van der Waals surface area contributed by atoms with Gasteiger partial charge in [-0.05, 0) is 25.0 Å². The predicted molar refractivity (Wildman–Crippen MR) is 83.5 cm³/mol. The molecule has 110 valence electrons. The number of aliphatic hydroxyl groups excluding tert-OH is 1. The maximum atomic E-state index is 11.9. The van der Waals surface area contributed by atoms with Gasteiger partial charge < -0.3 is 10.4 Å². The number of nitrogens with one attached hydrogen (secondary N) is 1. The Hall–Kier alpha value is -1.16. The summed E-state index contributed by atoms with van der Waals surface area (Å²) in [6, 6.07) is 1.82. The molecule has 0 fully saturated rings. The highest BCUT2D eigenvalue weighted by atomic mass is 32.2. The molecular formula is C14H19NO3S2. The molecule has 0 aliphatic carbocycles. The van der Waals surface area contributed by atoms with Crippen LogP contribution in [-0.2, 0) is 10.8 Å². The van der Waals surface area contributed by atoms with Crippen molar-refractivity contribution in [2.75, 3.05) is 25.2 Å². The Kier molecular flexibility index (Phi) is 7.52. The van der Waals surface area contributed by atoms with Gasteiger partial charge in [0.1, 0.15) is 0 Å². The van der Waals surface area contributed by atoms with Gasteiger partial charge in [-0.2, -0.15) is 0 Å². The highest BCUT2D eigenvalue weighted by Crippen LogP contribution is 2.20. The molecule has 1 rings (SSSR count). The lowest BCUT2D eigenvalue weighted by Crippen LogP contribution is -2.24. The molecule has 0 aliphatic heterocycles. The molecule has 1 heterocycles. The van der Waals surface area contributed by atoms with E-state index in [0.717, 1.165) is 10.4 Å². The van der Waals surface area contributed by atoms with Gasteiger partial charge in [-0.3, -0.25) is 9.00 Å². The summed E-state index contributed by atoms with van der Waals surface area (Å²) in [6.45, 7) is 2.49. The number of amides is 1. The highest BCUT2D eigenvalue weighted by Gasteiger charge is 2.10. The predicted octanol–water partition coefficient (Wildman–Crippen LogP) is 1.29. The quantitative estimate of drug-likeness (QED) is 0.614. The zero-order valence-electron chi connectivity index (χ0n) is 11.7. The molecule has 0 aliphatic rings. The van der Waals surface area contributed by atoms with Crippen LogP contribution in [0, 0.1) is 18.8 Å². The van der Waals surface area contributed by atoms with Gasteiger partial charge in [-0.15, -0.1) is 11.3 Å². The van der Waals surface area contributed by atoms with Crippen LogP contribution in [-0.4, -0.2) is 40.4 Å². The molecule has 20 heavy (non-hydrogen) atoms. The van der Waals surface area contributed by atoms with Crippen LogP contribution in [0.5, 0.6) is 0 Å². The smallest absolute Gasteiger partial charge is 0.261 e. The van der Waals surface area contributed by atoms with E-state index in [1.54, 1.807) is 6.26 Å². The fourth-order valence-electron chi connectivity index (χ4n) is 1.48. The molecule has 0 aromatic carbocycles. The van der Waals surface area contributed by atoms with E-state index in [2.05, 4.69) is 17.2 Å². The summed E-state index contributed by atoms with van der Waals surface area (Å²) in [6.07, 6.45) is 2.80. The van der Waals surface area contributed by atoms with Crippen LogP contribution in [0.4, 0.5) is 0 Å². The maximum Gasteiger partial charge on any atom is 0.261 e. The van der Waals surface area contributed by atoms with Crippen LogP contribution >= 0.6 is 11.3 Å². The Labute approximate surface area is 126 Å². The fraction of sp³-hybridized carbons (Fsp3) is 0.500. The van der Waals surface area contributed by atoms with Crippen LogP contribution in [0.1, 0.15) is 33.0 Å². The SMILES string of the molecule is Cc1cc(C(=O)NCCCS(C)=O)sc1C#CCCO. The van der Waals surface area contributed by atoms with E-state index in [4.69, 9.17) is 5.11 Å². The van der Waals surface area contributed by atoms with Crippen molar-refractivity contribution in [1.29, 1.82) is 0 Å². The number of hydrogen-bond donors (Lipinski definition) is 2. The van der Waals surface area contributed by atoms with Gasteiger partial charge in [0, 0.05) is 35.8 Å². The maximum absolute atomic E-state index is 11.9. The minimum atomic E-state index is -0.817. The minimum Gasteiger partial charge on any atom is -0.395 e. The van der Waals surface area contributed by atoms with Crippen molar-refractivity contribution in [1.82, 2.24) is 5.32 Å². The largest absolute Gasteiger partial charge is 0.395 e. The molecule has 6 heteroatoms. The van der Waals surface area contributed by atoms with Crippen molar-refractivity contribution in [3.8, 4) is 11.8 Å². The van der Waals surface area contributed by atoms with E-state index in [-0.39, 0.29) is 12.5 Å². The molecule has 0 saturated carbocycles. The molecule has 1 aromatic rings. The average molecular weight is 313 g/mol. The van der Waals surface area contributed by atoms with Crippen molar-refractivity contribution in [3.05, 3.63) is 21.4 Å². The van der Waals surface area contributed by atoms with Crippen molar-refractivity contribution in [2.45, 2.75) is 19.8 Å². The Morgan fingerprint density at radius 3 is 2.95 bits per heavy atom. The van der Waals surface area contributed by atoms with Gasteiger partial charge in [0.15, 0.2) is 0 Å². The molecule has 1 unspecified atom stereocenters. The zero-order chi connectivity index (χ0) is 15.0. The fourth-order valence-corrected chi connectivity index (χ4v) is 3.00. The Morgan fingerprint density at radius 1 is 1.55 bits per heavy atom. The highest BCUT2D eigenvalue weighted by molar-refractivity contribution is 7.84. The number of rotatable bonds is 6. The second-order valence-corrected chi connectivity index (χ2v) is 6.89. The van der Waals surface area contributed by atoms with Crippen LogP contribution in [0.3, 0.4) is 0 Å². The molecule has 1 amide bonds. The van der Waals surface area contributed by atoms with Crippen molar-refractivity contribution in [3.63, 3.8) is 0 Å². The first-order chi connectivity index (χ1) is 9.54. The first-order valence-corrected chi connectivity index (χ1v) is 8.87. The van der Waals surface area contributed by atoms with Crippen LogP contribution in [0.2, 0.25) is 0 Å². The number of aliphatic hydroxyl groups is 1. The lowest BCUT2D eigenvalue weighted by Gasteiger charge is -2.01. The summed E-state index contributed by atoms with van der Waals surface area (Å²) in [5, 5.41) is 11.5. The number of carbonyl (C=O) groups excluding carboxylic acids is 1. The van der Waals surface area contributed by atoms with Gasteiger partial charge in [-0.25, -0.2) is 0 Å². The second-order valence-electron chi connectivity index (χ2n) is 4.28. The molecule has 4 nitrogen and oxygen atoms in total. The van der Waals surface area contributed by atoms with Gasteiger partial charge in [-0.1, -0.05) is 11.8 Å². The number of carbonyl (C=O) groups is 1. The molecule has 1 atom stereocenters. The van der Waals surface area contributed by atoms with Gasteiger partial charge in [0.25, 0.3) is 5.91 Å². The Balaban J connectivity index is 2.55. The third-order valence-electron chi connectivity index (χ3n) is 2.47. The third kappa shape index (κ3) is 5.87. The Morgan fingerprint density at radius 2 is 2.30 bits per heavy atom. The second kappa shape index (κ2) is 8.90. The normalized spacial score (nSPS) is 11.6. The standard InChI is InChI=1S/C14H19NO3S2/c1-11-10-13(19-12(11)6-3-4-8-16)14(17)15-7-5-9-20(2)18/h10,16H,4-5,7-9H2,1-2H3,(H,15,17). The van der Waals surface area contributed by atoms with Crippen LogP contribution < -0.4 is 5.32 Å². The molecule has 0 saturated heterocycles. The lowest BCUT2D eigenvalue weighted by atomic mass is 10.2. The number of hydrogen-bond acceptors (Lipinski definition) is 4. The van der Waals surface area contributed by atoms with E-state index in [1.807, 2.05) is 13.0 Å². The Bertz CT molecular complexity index is 540. The first-order valence-electron chi connectivity index (χ1n) is 6.33. The van der Waals surface area contributed by atoms with Crippen LogP contribution in [0.15, 0.2) is 6.07 Å². The summed E-state index contributed by atoms with van der Waals surface area (Å²) in [4.78, 5) is 13.4. The molecule has 0 spiro atoms. The average Bonchev–Trinajstić information content (AvgIpc) is 2.76. The molecular weight excluding hydrogens is 294 g/mol. The van der Waals surface area contributed by atoms with Crippen molar-refractivity contribution in [2.24, 2.45) is 0 Å². The van der Waals surface area contributed by atoms with E-state index >= 15 is 0 Å². The van der Waals surface area contributed by atoms with Gasteiger partial charge >= 0.3 is 0 Å². The van der Waals surface area contributed by atoms with E-state index in [9.17, 15) is 9.00 Å². The minimum absolute atomic E-state index is 0.0452. The summed E-state index contributed by atoms with van der Waals surface area (Å²) in [5.41, 5.74) is 0.972. The first kappa shape index (κ1) is 16.9. The van der Waals surface area contributed by atoms with Gasteiger partial charge in [0.2, 0.25) is 0 Å². The van der Waals surface area contributed by atoms with Gasteiger partial charge in [0.05, 0.1) is 16.4 Å².